The van der Waals surface area contributed by atoms with Crippen LogP contribution in [0.15, 0.2) is 30.3 Å². The Kier molecular flexibility index (Phi) is 5.08. The van der Waals surface area contributed by atoms with Crippen molar-refractivity contribution < 1.29 is 4.74 Å². The molecule has 2 unspecified atom stereocenters. The van der Waals surface area contributed by atoms with Gasteiger partial charge in [0.15, 0.2) is 0 Å². The minimum absolute atomic E-state index is 0.253. The van der Waals surface area contributed by atoms with Crippen LogP contribution in [0.1, 0.15) is 30.1 Å². The smallest absolute Gasteiger partial charge is 0.0919 e. The Morgan fingerprint density at radius 3 is 2.83 bits per heavy atom. The summed E-state index contributed by atoms with van der Waals surface area (Å²) in [5.41, 5.74) is 6.80. The van der Waals surface area contributed by atoms with Crippen LogP contribution in [0.5, 0.6) is 0 Å². The summed E-state index contributed by atoms with van der Waals surface area (Å²) in [5, 5.41) is 7.77. The fourth-order valence-electron chi connectivity index (χ4n) is 2.14. The SMILES string of the molecule is N=C(N)CC(SCC1CCCO1)c1ccccc1. The molecule has 18 heavy (non-hydrogen) atoms. The zero-order chi connectivity index (χ0) is 12.8. The largest absolute Gasteiger partial charge is 0.388 e. The van der Waals surface area contributed by atoms with Crippen LogP contribution >= 0.6 is 11.8 Å². The van der Waals surface area contributed by atoms with Gasteiger partial charge < -0.3 is 10.5 Å². The molecule has 0 aliphatic carbocycles. The highest BCUT2D eigenvalue weighted by Crippen LogP contribution is 2.33. The zero-order valence-corrected chi connectivity index (χ0v) is 11.3. The average Bonchev–Trinajstić information content (AvgIpc) is 2.88. The fourth-order valence-corrected chi connectivity index (χ4v) is 3.50. The molecular formula is C14H20N2OS. The molecule has 1 aliphatic rings. The zero-order valence-electron chi connectivity index (χ0n) is 10.5. The summed E-state index contributed by atoms with van der Waals surface area (Å²) < 4.78 is 5.64. The Hall–Kier alpha value is -1.00. The highest BCUT2D eigenvalue weighted by atomic mass is 32.2. The summed E-state index contributed by atoms with van der Waals surface area (Å²) in [6, 6.07) is 10.3. The summed E-state index contributed by atoms with van der Waals surface area (Å²) in [4.78, 5) is 0. The van der Waals surface area contributed by atoms with Gasteiger partial charge in [0.25, 0.3) is 0 Å². The molecule has 1 heterocycles. The molecule has 3 N–H and O–H groups in total. The van der Waals surface area contributed by atoms with Crippen LogP contribution in [0.25, 0.3) is 0 Å². The van der Waals surface area contributed by atoms with Crippen LogP contribution in [0, 0.1) is 5.41 Å². The number of nitrogens with two attached hydrogens (primary N) is 1. The van der Waals surface area contributed by atoms with Crippen molar-refractivity contribution >= 4 is 17.6 Å². The Labute approximate surface area is 113 Å². The molecule has 98 valence electrons. The third kappa shape index (κ3) is 4.03. The molecule has 4 heteroatoms. The molecule has 1 aliphatic heterocycles. The first-order valence-corrected chi connectivity index (χ1v) is 7.41. The molecule has 0 bridgehead atoms. The van der Waals surface area contributed by atoms with Gasteiger partial charge >= 0.3 is 0 Å². The second-order valence-corrected chi connectivity index (χ2v) is 5.83. The maximum atomic E-state index is 7.50. The maximum Gasteiger partial charge on any atom is 0.0919 e. The molecule has 0 aromatic heterocycles. The van der Waals surface area contributed by atoms with Crippen LogP contribution in [0.4, 0.5) is 0 Å². The van der Waals surface area contributed by atoms with E-state index in [4.69, 9.17) is 15.9 Å². The van der Waals surface area contributed by atoms with Crippen molar-refractivity contribution in [1.29, 1.82) is 5.41 Å². The van der Waals surface area contributed by atoms with E-state index in [0.29, 0.717) is 12.5 Å². The first kappa shape index (κ1) is 13.4. The summed E-state index contributed by atoms with van der Waals surface area (Å²) in [7, 11) is 0. The Morgan fingerprint density at radius 2 is 2.22 bits per heavy atom. The van der Waals surface area contributed by atoms with Gasteiger partial charge in [-0.15, -0.1) is 0 Å². The van der Waals surface area contributed by atoms with Gasteiger partial charge in [-0.2, -0.15) is 11.8 Å². The van der Waals surface area contributed by atoms with Crippen LogP contribution in [0.2, 0.25) is 0 Å². The highest BCUT2D eigenvalue weighted by Gasteiger charge is 2.19. The van der Waals surface area contributed by atoms with E-state index in [1.807, 2.05) is 30.0 Å². The van der Waals surface area contributed by atoms with Crippen molar-refractivity contribution in [1.82, 2.24) is 0 Å². The second-order valence-electron chi connectivity index (χ2n) is 4.60. The monoisotopic (exact) mass is 264 g/mol. The van der Waals surface area contributed by atoms with E-state index in [2.05, 4.69) is 12.1 Å². The van der Waals surface area contributed by atoms with Gasteiger partial charge in [-0.25, -0.2) is 0 Å². The minimum Gasteiger partial charge on any atom is -0.388 e. The molecule has 2 atom stereocenters. The predicted octanol–water partition coefficient (Wildman–Crippen LogP) is 2.97. The van der Waals surface area contributed by atoms with E-state index in [1.165, 1.54) is 12.0 Å². The van der Waals surface area contributed by atoms with Crippen molar-refractivity contribution in [3.05, 3.63) is 35.9 Å². The van der Waals surface area contributed by atoms with Crippen molar-refractivity contribution in [2.75, 3.05) is 12.4 Å². The summed E-state index contributed by atoms with van der Waals surface area (Å²) in [5.74, 6) is 1.25. The number of hydrogen-bond acceptors (Lipinski definition) is 3. The Balaban J connectivity index is 1.94. The van der Waals surface area contributed by atoms with E-state index in [0.717, 1.165) is 18.8 Å². The number of ether oxygens (including phenoxy) is 1. The number of rotatable bonds is 6. The molecular weight excluding hydrogens is 244 g/mol. The Morgan fingerprint density at radius 1 is 1.44 bits per heavy atom. The quantitative estimate of drug-likeness (QED) is 0.613. The molecule has 1 saturated heterocycles. The van der Waals surface area contributed by atoms with Crippen molar-refractivity contribution in [3.63, 3.8) is 0 Å². The molecule has 2 rings (SSSR count). The lowest BCUT2D eigenvalue weighted by Gasteiger charge is -2.18. The first-order chi connectivity index (χ1) is 8.75. The van der Waals surface area contributed by atoms with Crippen LogP contribution in [-0.2, 0) is 4.74 Å². The molecule has 1 fully saturated rings. The minimum atomic E-state index is 0.253. The van der Waals surface area contributed by atoms with E-state index in [-0.39, 0.29) is 11.1 Å². The number of nitrogens with one attached hydrogen (secondary N) is 1. The summed E-state index contributed by atoms with van der Waals surface area (Å²) >= 11 is 1.85. The fraction of sp³-hybridized carbons (Fsp3) is 0.500. The molecule has 3 nitrogen and oxygen atoms in total. The van der Waals surface area contributed by atoms with E-state index in [1.54, 1.807) is 0 Å². The van der Waals surface area contributed by atoms with Gasteiger partial charge in [0.1, 0.15) is 0 Å². The molecule has 1 aromatic carbocycles. The molecule has 1 aromatic rings. The summed E-state index contributed by atoms with van der Waals surface area (Å²) in [6.45, 7) is 0.897. The average molecular weight is 264 g/mol. The normalized spacial score (nSPS) is 20.8. The maximum absolute atomic E-state index is 7.50. The van der Waals surface area contributed by atoms with Crippen LogP contribution < -0.4 is 5.73 Å². The van der Waals surface area contributed by atoms with Gasteiger partial charge in [-0.05, 0) is 18.4 Å². The first-order valence-electron chi connectivity index (χ1n) is 6.37. The van der Waals surface area contributed by atoms with Crippen molar-refractivity contribution in [2.24, 2.45) is 5.73 Å². The molecule has 0 amide bonds. The van der Waals surface area contributed by atoms with Gasteiger partial charge in [-0.3, -0.25) is 5.41 Å². The van der Waals surface area contributed by atoms with Crippen molar-refractivity contribution in [2.45, 2.75) is 30.6 Å². The number of thioether (sulfide) groups is 1. The predicted molar refractivity (Wildman–Crippen MR) is 77.1 cm³/mol. The second kappa shape index (κ2) is 6.81. The van der Waals surface area contributed by atoms with Gasteiger partial charge in [0.05, 0.1) is 11.9 Å². The van der Waals surface area contributed by atoms with E-state index < -0.39 is 0 Å². The highest BCUT2D eigenvalue weighted by molar-refractivity contribution is 7.99. The van der Waals surface area contributed by atoms with Crippen LogP contribution in [-0.4, -0.2) is 24.3 Å². The molecule has 0 spiro atoms. The van der Waals surface area contributed by atoms with Crippen molar-refractivity contribution in [3.8, 4) is 0 Å². The number of hydrogen-bond donors (Lipinski definition) is 2. The van der Waals surface area contributed by atoms with Gasteiger partial charge in [0.2, 0.25) is 0 Å². The number of benzene rings is 1. The third-order valence-electron chi connectivity index (χ3n) is 3.08. The summed E-state index contributed by atoms with van der Waals surface area (Å²) in [6.07, 6.45) is 3.33. The lowest BCUT2D eigenvalue weighted by atomic mass is 10.1. The van der Waals surface area contributed by atoms with Gasteiger partial charge in [-0.1, -0.05) is 30.3 Å². The van der Waals surface area contributed by atoms with Gasteiger partial charge in [0, 0.05) is 24.0 Å². The Bertz CT molecular complexity index is 377. The number of amidine groups is 1. The standard InChI is InChI=1S/C14H20N2OS/c15-14(16)9-13(11-5-2-1-3-6-11)18-10-12-7-4-8-17-12/h1-3,5-6,12-13H,4,7-10H2,(H3,15,16). The lowest BCUT2D eigenvalue weighted by Crippen LogP contribution is -2.15. The third-order valence-corrected chi connectivity index (χ3v) is 4.49. The molecule has 0 saturated carbocycles. The van der Waals surface area contributed by atoms with E-state index in [9.17, 15) is 0 Å². The topological polar surface area (TPSA) is 59.1 Å². The van der Waals surface area contributed by atoms with Crippen LogP contribution in [0.3, 0.4) is 0 Å². The lowest BCUT2D eigenvalue weighted by molar-refractivity contribution is 0.129. The van der Waals surface area contributed by atoms with E-state index >= 15 is 0 Å². The molecule has 0 radical (unpaired) electrons.